The number of rotatable bonds is 3. The molecule has 2 N–H and O–H groups in total. The Morgan fingerprint density at radius 2 is 1.86 bits per heavy atom. The molecule has 120 valence electrons. The lowest BCUT2D eigenvalue weighted by Crippen LogP contribution is -2.48. The Morgan fingerprint density at radius 1 is 1.14 bits per heavy atom. The average molecular weight is 297 g/mol. The van der Waals surface area contributed by atoms with Crippen LogP contribution < -0.4 is 5.32 Å². The molecule has 0 aromatic heterocycles. The number of nitrogens with zero attached hydrogens (tertiary/aromatic N) is 2. The predicted molar refractivity (Wildman–Crippen MR) is 80.2 cm³/mol. The van der Waals surface area contributed by atoms with Crippen molar-refractivity contribution in [1.29, 1.82) is 0 Å². The van der Waals surface area contributed by atoms with Gasteiger partial charge in [-0.3, -0.25) is 4.79 Å². The monoisotopic (exact) mass is 297 g/mol. The summed E-state index contributed by atoms with van der Waals surface area (Å²) >= 11 is 0. The van der Waals surface area contributed by atoms with Crippen molar-refractivity contribution in [3.05, 3.63) is 0 Å². The first-order valence-corrected chi connectivity index (χ1v) is 7.93. The van der Waals surface area contributed by atoms with Gasteiger partial charge in [-0.2, -0.15) is 0 Å². The van der Waals surface area contributed by atoms with Crippen LogP contribution in [0.4, 0.5) is 4.79 Å². The van der Waals surface area contributed by atoms with Crippen molar-refractivity contribution in [3.8, 4) is 0 Å². The molecule has 3 unspecified atom stereocenters. The third-order valence-corrected chi connectivity index (χ3v) is 4.82. The molecule has 21 heavy (non-hydrogen) atoms. The van der Waals surface area contributed by atoms with E-state index in [-0.39, 0.29) is 12.1 Å². The van der Waals surface area contributed by atoms with E-state index >= 15 is 0 Å². The lowest BCUT2D eigenvalue weighted by atomic mass is 9.95. The van der Waals surface area contributed by atoms with Gasteiger partial charge in [0.1, 0.15) is 0 Å². The zero-order valence-corrected chi connectivity index (χ0v) is 13.0. The number of carboxylic acids is 1. The average Bonchev–Trinajstić information content (AvgIpc) is 2.81. The molecular formula is C15H27N3O3. The smallest absolute Gasteiger partial charge is 0.317 e. The number of carboxylic acid groups (broad SMARTS) is 1. The van der Waals surface area contributed by atoms with Gasteiger partial charge in [-0.15, -0.1) is 0 Å². The van der Waals surface area contributed by atoms with Gasteiger partial charge in [-0.1, -0.05) is 19.3 Å². The van der Waals surface area contributed by atoms with E-state index in [9.17, 15) is 14.7 Å². The van der Waals surface area contributed by atoms with Crippen molar-refractivity contribution in [3.63, 3.8) is 0 Å². The molecule has 2 aliphatic rings. The Bertz CT molecular complexity index is 386. The van der Waals surface area contributed by atoms with Crippen LogP contribution in [0.5, 0.6) is 0 Å². The van der Waals surface area contributed by atoms with Crippen LogP contribution in [0, 0.1) is 5.92 Å². The molecule has 0 radical (unpaired) electrons. The first-order valence-electron chi connectivity index (χ1n) is 7.93. The third kappa shape index (κ3) is 4.09. The summed E-state index contributed by atoms with van der Waals surface area (Å²) in [7, 11) is 4.05. The van der Waals surface area contributed by atoms with Gasteiger partial charge in [0.15, 0.2) is 0 Å². The lowest BCUT2D eigenvalue weighted by Gasteiger charge is -2.26. The second kappa shape index (κ2) is 7.11. The zero-order valence-electron chi connectivity index (χ0n) is 13.0. The van der Waals surface area contributed by atoms with Crippen molar-refractivity contribution in [2.24, 2.45) is 5.92 Å². The molecule has 1 heterocycles. The second-order valence-corrected chi connectivity index (χ2v) is 6.49. The van der Waals surface area contributed by atoms with Crippen LogP contribution in [0.1, 0.15) is 38.5 Å². The van der Waals surface area contributed by atoms with Crippen LogP contribution in [-0.4, -0.2) is 66.2 Å². The number of urea groups is 1. The summed E-state index contributed by atoms with van der Waals surface area (Å²) in [5.41, 5.74) is 0. The minimum atomic E-state index is -0.783. The van der Waals surface area contributed by atoms with Gasteiger partial charge in [0.2, 0.25) is 0 Å². The third-order valence-electron chi connectivity index (χ3n) is 4.82. The number of likely N-dealkylation sites (N-methyl/N-ethyl adjacent to an activating group) is 1. The number of likely N-dealkylation sites (tertiary alicyclic amines) is 1. The molecule has 0 bridgehead atoms. The van der Waals surface area contributed by atoms with Crippen LogP contribution in [-0.2, 0) is 4.79 Å². The maximum absolute atomic E-state index is 12.4. The van der Waals surface area contributed by atoms with Gasteiger partial charge in [0, 0.05) is 25.2 Å². The fourth-order valence-electron chi connectivity index (χ4n) is 3.37. The summed E-state index contributed by atoms with van der Waals surface area (Å²) in [6.07, 6.45) is 5.41. The number of carbonyl (C=O) groups excluding carboxylic acids is 1. The zero-order chi connectivity index (χ0) is 15.4. The van der Waals surface area contributed by atoms with Crippen molar-refractivity contribution in [2.75, 3.05) is 27.2 Å². The minimum absolute atomic E-state index is 0.0995. The fourth-order valence-corrected chi connectivity index (χ4v) is 3.37. The molecule has 0 aromatic carbocycles. The van der Waals surface area contributed by atoms with Gasteiger partial charge in [-0.05, 0) is 33.4 Å². The molecular weight excluding hydrogens is 270 g/mol. The summed E-state index contributed by atoms with van der Waals surface area (Å²) in [4.78, 5) is 27.7. The summed E-state index contributed by atoms with van der Waals surface area (Å²) < 4.78 is 0. The van der Waals surface area contributed by atoms with E-state index in [0.717, 1.165) is 45.2 Å². The summed E-state index contributed by atoms with van der Waals surface area (Å²) in [5, 5.41) is 12.3. The highest BCUT2D eigenvalue weighted by Crippen LogP contribution is 2.24. The molecule has 2 amide bonds. The Hall–Kier alpha value is -1.30. The quantitative estimate of drug-likeness (QED) is 0.772. The van der Waals surface area contributed by atoms with E-state index in [1.165, 1.54) is 0 Å². The van der Waals surface area contributed by atoms with E-state index in [1.54, 1.807) is 0 Å². The molecule has 1 saturated carbocycles. The Kier molecular flexibility index (Phi) is 5.45. The molecule has 2 fully saturated rings. The molecule has 6 heteroatoms. The number of aliphatic carboxylic acids is 1. The topological polar surface area (TPSA) is 72.9 Å². The molecule has 1 aliphatic carbocycles. The molecule has 2 rings (SSSR count). The molecule has 0 aromatic rings. The number of amides is 2. The van der Waals surface area contributed by atoms with Crippen LogP contribution in [0.3, 0.4) is 0 Å². The van der Waals surface area contributed by atoms with Crippen LogP contribution in [0.2, 0.25) is 0 Å². The number of nitrogens with one attached hydrogen (secondary N) is 1. The Morgan fingerprint density at radius 3 is 2.48 bits per heavy atom. The minimum Gasteiger partial charge on any atom is -0.481 e. The number of hydrogen-bond donors (Lipinski definition) is 2. The highest BCUT2D eigenvalue weighted by Gasteiger charge is 2.33. The first kappa shape index (κ1) is 16.1. The maximum Gasteiger partial charge on any atom is 0.317 e. The standard InChI is InChI=1S/C15H27N3O3/c1-17(2)11-8-9-18(10-11)15(21)16-13-7-5-3-4-6-12(13)14(19)20/h11-13H,3-10H2,1-2H3,(H,16,21)(H,19,20). The second-order valence-electron chi connectivity index (χ2n) is 6.49. The molecule has 1 saturated heterocycles. The van der Waals surface area contributed by atoms with E-state index in [0.29, 0.717) is 12.5 Å². The van der Waals surface area contributed by atoms with E-state index in [4.69, 9.17) is 0 Å². The summed E-state index contributed by atoms with van der Waals surface area (Å²) in [5.74, 6) is -1.22. The van der Waals surface area contributed by atoms with Crippen LogP contribution >= 0.6 is 0 Å². The van der Waals surface area contributed by atoms with Gasteiger partial charge in [0.25, 0.3) is 0 Å². The van der Waals surface area contributed by atoms with Gasteiger partial charge < -0.3 is 20.2 Å². The van der Waals surface area contributed by atoms with E-state index in [2.05, 4.69) is 10.2 Å². The molecule has 3 atom stereocenters. The van der Waals surface area contributed by atoms with E-state index in [1.807, 2.05) is 19.0 Å². The highest BCUT2D eigenvalue weighted by atomic mass is 16.4. The van der Waals surface area contributed by atoms with Gasteiger partial charge in [0.05, 0.1) is 5.92 Å². The molecule has 6 nitrogen and oxygen atoms in total. The fraction of sp³-hybridized carbons (Fsp3) is 0.867. The van der Waals surface area contributed by atoms with Crippen molar-refractivity contribution in [2.45, 2.75) is 50.6 Å². The Balaban J connectivity index is 1.92. The first-order chi connectivity index (χ1) is 9.99. The van der Waals surface area contributed by atoms with Crippen molar-refractivity contribution < 1.29 is 14.7 Å². The number of hydrogen-bond acceptors (Lipinski definition) is 3. The predicted octanol–water partition coefficient (Wildman–Crippen LogP) is 1.37. The van der Waals surface area contributed by atoms with Crippen molar-refractivity contribution in [1.82, 2.24) is 15.1 Å². The highest BCUT2D eigenvalue weighted by molar-refractivity contribution is 5.77. The van der Waals surface area contributed by atoms with Crippen molar-refractivity contribution >= 4 is 12.0 Å². The van der Waals surface area contributed by atoms with E-state index < -0.39 is 11.9 Å². The SMILES string of the molecule is CN(C)C1CCN(C(=O)NC2CCCCCC2C(=O)O)C1. The lowest BCUT2D eigenvalue weighted by molar-refractivity contribution is -0.142. The Labute approximate surface area is 126 Å². The number of carbonyl (C=O) groups is 2. The summed E-state index contributed by atoms with van der Waals surface area (Å²) in [6, 6.07) is 0.0774. The maximum atomic E-state index is 12.4. The van der Waals surface area contributed by atoms with Gasteiger partial charge >= 0.3 is 12.0 Å². The largest absolute Gasteiger partial charge is 0.481 e. The normalized spacial score (nSPS) is 30.2. The molecule has 0 spiro atoms. The van der Waals surface area contributed by atoms with Gasteiger partial charge in [-0.25, -0.2) is 4.79 Å². The van der Waals surface area contributed by atoms with Crippen LogP contribution in [0.15, 0.2) is 0 Å². The summed E-state index contributed by atoms with van der Waals surface area (Å²) in [6.45, 7) is 1.47. The molecule has 1 aliphatic heterocycles. The van der Waals surface area contributed by atoms with Crippen LogP contribution in [0.25, 0.3) is 0 Å².